The predicted octanol–water partition coefficient (Wildman–Crippen LogP) is 3.35. The maximum Gasteiger partial charge on any atom is 0.220 e. The Hall–Kier alpha value is -0.100. The quantitative estimate of drug-likeness (QED) is 0.774. The molecule has 0 bridgehead atoms. The predicted molar refractivity (Wildman–Crippen MR) is 88.0 cm³/mol. The average Bonchev–Trinajstić information content (AvgIpc) is 2.71. The van der Waals surface area contributed by atoms with Gasteiger partial charge in [-0.3, -0.25) is 4.79 Å². The molecule has 0 radical (unpaired) electrons. The van der Waals surface area contributed by atoms with Crippen LogP contribution in [0.3, 0.4) is 0 Å². The van der Waals surface area contributed by atoms with Crippen molar-refractivity contribution in [1.82, 2.24) is 5.32 Å². The van der Waals surface area contributed by atoms with E-state index in [-0.39, 0.29) is 24.4 Å². The van der Waals surface area contributed by atoms with Gasteiger partial charge in [-0.25, -0.2) is 0 Å². The third kappa shape index (κ3) is 7.92. The Morgan fingerprint density at radius 1 is 1.53 bits per heavy atom. The Morgan fingerprint density at radius 3 is 2.68 bits per heavy atom. The van der Waals surface area contributed by atoms with E-state index in [4.69, 9.17) is 5.73 Å². The van der Waals surface area contributed by atoms with Gasteiger partial charge in [-0.15, -0.1) is 23.7 Å². The molecular weight excluding hydrogens is 348 g/mol. The Labute approximate surface area is 133 Å². The summed E-state index contributed by atoms with van der Waals surface area (Å²) < 4.78 is 1.09. The van der Waals surface area contributed by atoms with Gasteiger partial charge in [-0.2, -0.15) is 0 Å². The molecule has 1 aromatic rings. The molecule has 0 aliphatic carbocycles. The summed E-state index contributed by atoms with van der Waals surface area (Å²) in [7, 11) is 0. The maximum atomic E-state index is 11.8. The molecule has 1 amide bonds. The first-order valence-electron chi connectivity index (χ1n) is 6.23. The molecule has 1 atom stereocenters. The van der Waals surface area contributed by atoms with Crippen LogP contribution in [0.4, 0.5) is 0 Å². The number of carbonyl (C=O) groups excluding carboxylic acids is 1. The summed E-state index contributed by atoms with van der Waals surface area (Å²) in [5, 5.41) is 5.04. The van der Waals surface area contributed by atoms with E-state index in [2.05, 4.69) is 41.2 Å². The standard InChI is InChI=1S/C13H21BrN2OS.ClH/c1-9(2)5-11(7-15)16-13(17)4-3-12-6-10(14)8-18-12;/h6,8-9,11H,3-5,7,15H2,1-2H3,(H,16,17);1H. The largest absolute Gasteiger partial charge is 0.352 e. The fourth-order valence-corrected chi connectivity index (χ4v) is 3.26. The zero-order chi connectivity index (χ0) is 13.5. The second-order valence-electron chi connectivity index (χ2n) is 4.86. The molecule has 0 spiro atoms. The van der Waals surface area contributed by atoms with E-state index in [0.717, 1.165) is 17.3 Å². The minimum absolute atomic E-state index is 0. The lowest BCUT2D eigenvalue weighted by Gasteiger charge is -2.18. The molecule has 110 valence electrons. The van der Waals surface area contributed by atoms with Crippen LogP contribution in [0.25, 0.3) is 0 Å². The third-order valence-electron chi connectivity index (χ3n) is 2.63. The molecule has 1 aromatic heterocycles. The lowest BCUT2D eigenvalue weighted by Crippen LogP contribution is -2.41. The second-order valence-corrected chi connectivity index (χ2v) is 6.77. The van der Waals surface area contributed by atoms with Crippen LogP contribution in [-0.4, -0.2) is 18.5 Å². The topological polar surface area (TPSA) is 55.1 Å². The van der Waals surface area contributed by atoms with Gasteiger partial charge in [0.05, 0.1) is 0 Å². The van der Waals surface area contributed by atoms with Crippen LogP contribution in [0.5, 0.6) is 0 Å². The number of rotatable bonds is 7. The van der Waals surface area contributed by atoms with Crippen molar-refractivity contribution in [3.63, 3.8) is 0 Å². The molecular formula is C13H22BrClN2OS. The van der Waals surface area contributed by atoms with Crippen LogP contribution in [0, 0.1) is 5.92 Å². The highest BCUT2D eigenvalue weighted by molar-refractivity contribution is 9.10. The van der Waals surface area contributed by atoms with Gasteiger partial charge in [0, 0.05) is 33.7 Å². The van der Waals surface area contributed by atoms with Crippen LogP contribution >= 0.6 is 39.7 Å². The summed E-state index contributed by atoms with van der Waals surface area (Å²) in [4.78, 5) is 13.0. The van der Waals surface area contributed by atoms with Crippen LogP contribution < -0.4 is 11.1 Å². The van der Waals surface area contributed by atoms with E-state index in [0.29, 0.717) is 18.9 Å². The van der Waals surface area contributed by atoms with Gasteiger partial charge < -0.3 is 11.1 Å². The third-order valence-corrected chi connectivity index (χ3v) is 4.38. The molecule has 1 unspecified atom stereocenters. The van der Waals surface area contributed by atoms with Crippen LogP contribution in [-0.2, 0) is 11.2 Å². The molecule has 0 fully saturated rings. The first kappa shape index (κ1) is 18.9. The molecule has 0 saturated heterocycles. The van der Waals surface area contributed by atoms with E-state index in [1.54, 1.807) is 11.3 Å². The zero-order valence-electron chi connectivity index (χ0n) is 11.3. The number of amides is 1. The minimum Gasteiger partial charge on any atom is -0.352 e. The molecule has 3 nitrogen and oxygen atoms in total. The fraction of sp³-hybridized carbons (Fsp3) is 0.615. The fourth-order valence-electron chi connectivity index (χ4n) is 1.80. The molecule has 6 heteroatoms. The molecule has 0 aromatic carbocycles. The number of aryl methyl sites for hydroxylation is 1. The van der Waals surface area contributed by atoms with E-state index >= 15 is 0 Å². The smallest absolute Gasteiger partial charge is 0.220 e. The second kappa shape index (κ2) is 9.75. The minimum atomic E-state index is 0. The first-order chi connectivity index (χ1) is 8.51. The number of nitrogens with one attached hydrogen (secondary N) is 1. The van der Waals surface area contributed by atoms with Crippen molar-refractivity contribution in [1.29, 1.82) is 0 Å². The normalized spacial score (nSPS) is 12.1. The molecule has 0 aliphatic rings. The van der Waals surface area contributed by atoms with Crippen LogP contribution in [0.15, 0.2) is 15.9 Å². The van der Waals surface area contributed by atoms with E-state index < -0.39 is 0 Å². The van der Waals surface area contributed by atoms with Crippen molar-refractivity contribution >= 4 is 45.6 Å². The van der Waals surface area contributed by atoms with Crippen LogP contribution in [0.1, 0.15) is 31.6 Å². The Kier molecular flexibility index (Phi) is 9.70. The summed E-state index contributed by atoms with van der Waals surface area (Å²) >= 11 is 5.09. The van der Waals surface area contributed by atoms with Crippen molar-refractivity contribution in [2.75, 3.05) is 6.54 Å². The lowest BCUT2D eigenvalue weighted by atomic mass is 10.0. The molecule has 0 aliphatic heterocycles. The number of thiophene rings is 1. The number of hydrogen-bond acceptors (Lipinski definition) is 3. The van der Waals surface area contributed by atoms with E-state index in [1.807, 2.05) is 5.38 Å². The highest BCUT2D eigenvalue weighted by Crippen LogP contribution is 2.20. The van der Waals surface area contributed by atoms with Gasteiger partial charge in [0.25, 0.3) is 0 Å². The van der Waals surface area contributed by atoms with Crippen molar-refractivity contribution in [2.24, 2.45) is 11.7 Å². The lowest BCUT2D eigenvalue weighted by molar-refractivity contribution is -0.121. The van der Waals surface area contributed by atoms with Crippen molar-refractivity contribution in [2.45, 2.75) is 39.2 Å². The van der Waals surface area contributed by atoms with Crippen LogP contribution in [0.2, 0.25) is 0 Å². The van der Waals surface area contributed by atoms with Crippen molar-refractivity contribution < 1.29 is 4.79 Å². The van der Waals surface area contributed by atoms with Gasteiger partial charge in [0.2, 0.25) is 5.91 Å². The first-order valence-corrected chi connectivity index (χ1v) is 7.91. The average molecular weight is 370 g/mol. The molecule has 1 heterocycles. The Balaban J connectivity index is 0.00000324. The van der Waals surface area contributed by atoms with E-state index in [1.165, 1.54) is 4.88 Å². The molecule has 3 N–H and O–H groups in total. The molecule has 1 rings (SSSR count). The van der Waals surface area contributed by atoms with Crippen molar-refractivity contribution in [3.8, 4) is 0 Å². The Morgan fingerprint density at radius 2 is 2.21 bits per heavy atom. The number of nitrogens with two attached hydrogens (primary N) is 1. The maximum absolute atomic E-state index is 11.8. The number of carbonyl (C=O) groups is 1. The van der Waals surface area contributed by atoms with Gasteiger partial charge >= 0.3 is 0 Å². The van der Waals surface area contributed by atoms with Gasteiger partial charge in [-0.1, -0.05) is 13.8 Å². The van der Waals surface area contributed by atoms with Gasteiger partial charge in [0.15, 0.2) is 0 Å². The summed E-state index contributed by atoms with van der Waals surface area (Å²) in [5.74, 6) is 0.641. The van der Waals surface area contributed by atoms with E-state index in [9.17, 15) is 4.79 Å². The highest BCUT2D eigenvalue weighted by atomic mass is 79.9. The Bertz CT molecular complexity index is 384. The van der Waals surface area contributed by atoms with Gasteiger partial charge in [-0.05, 0) is 40.8 Å². The summed E-state index contributed by atoms with van der Waals surface area (Å²) in [5.41, 5.74) is 5.66. The molecule has 19 heavy (non-hydrogen) atoms. The summed E-state index contributed by atoms with van der Waals surface area (Å²) in [6.45, 7) is 4.78. The molecule has 0 saturated carbocycles. The monoisotopic (exact) mass is 368 g/mol. The number of halogens is 2. The van der Waals surface area contributed by atoms with Crippen molar-refractivity contribution in [3.05, 3.63) is 20.8 Å². The SMILES string of the molecule is CC(C)CC(CN)NC(=O)CCc1cc(Br)cs1.Cl. The number of hydrogen-bond donors (Lipinski definition) is 2. The summed E-state index contributed by atoms with van der Waals surface area (Å²) in [6, 6.07) is 2.17. The highest BCUT2D eigenvalue weighted by Gasteiger charge is 2.12. The van der Waals surface area contributed by atoms with Gasteiger partial charge in [0.1, 0.15) is 0 Å². The zero-order valence-corrected chi connectivity index (χ0v) is 14.5. The summed E-state index contributed by atoms with van der Waals surface area (Å²) in [6.07, 6.45) is 2.26.